The average Bonchev–Trinajstić information content (AvgIpc) is 3.14. The molecular formula is C19H15Cl2N5O3. The molecule has 3 aromatic rings. The molecule has 1 N–H and O–H groups in total. The Hall–Kier alpha value is -3.23. The van der Waals surface area contributed by atoms with E-state index in [1.54, 1.807) is 48.5 Å². The summed E-state index contributed by atoms with van der Waals surface area (Å²) < 4.78 is 5.54. The minimum atomic E-state index is -0.521. The van der Waals surface area contributed by atoms with Crippen LogP contribution in [-0.2, 0) is 0 Å². The number of ether oxygens (including phenoxy) is 1. The van der Waals surface area contributed by atoms with Crippen molar-refractivity contribution in [1.29, 1.82) is 0 Å². The third-order valence-electron chi connectivity index (χ3n) is 3.75. The summed E-state index contributed by atoms with van der Waals surface area (Å²) in [6.07, 6.45) is 1.49. The highest BCUT2D eigenvalue weighted by Crippen LogP contribution is 2.17. The van der Waals surface area contributed by atoms with Crippen molar-refractivity contribution >= 4 is 41.1 Å². The number of hydrogen-bond donors (Lipinski definition) is 1. The first kappa shape index (κ1) is 20.5. The van der Waals surface area contributed by atoms with E-state index >= 15 is 0 Å². The number of Topliss-reactive ketones (excluding diaryl/α,β-unsaturated/α-hetero) is 1. The van der Waals surface area contributed by atoms with Crippen molar-refractivity contribution in [2.24, 2.45) is 5.10 Å². The maximum Gasteiger partial charge on any atom is 0.277 e. The second-order valence-corrected chi connectivity index (χ2v) is 6.60. The fourth-order valence-electron chi connectivity index (χ4n) is 2.25. The summed E-state index contributed by atoms with van der Waals surface area (Å²) in [5.74, 6) is -0.886. The summed E-state index contributed by atoms with van der Waals surface area (Å²) in [7, 11) is 1.45. The van der Waals surface area contributed by atoms with Crippen molar-refractivity contribution in [3.05, 3.63) is 75.4 Å². The Morgan fingerprint density at radius 3 is 2.34 bits per heavy atom. The molecule has 1 amide bonds. The van der Waals surface area contributed by atoms with Crippen molar-refractivity contribution in [2.45, 2.75) is 0 Å². The van der Waals surface area contributed by atoms with Crippen molar-refractivity contribution in [3.63, 3.8) is 0 Å². The van der Waals surface area contributed by atoms with Gasteiger partial charge in [0, 0.05) is 22.7 Å². The highest BCUT2D eigenvalue weighted by molar-refractivity contribution is 6.31. The summed E-state index contributed by atoms with van der Waals surface area (Å²) in [6, 6.07) is 13.3. The van der Waals surface area contributed by atoms with Gasteiger partial charge in [0.05, 0.1) is 6.21 Å². The zero-order valence-electron chi connectivity index (χ0n) is 15.2. The maximum atomic E-state index is 12.4. The van der Waals surface area contributed by atoms with Gasteiger partial charge in [-0.3, -0.25) is 9.59 Å². The molecule has 0 spiro atoms. The summed E-state index contributed by atoms with van der Waals surface area (Å²) >= 11 is 11.7. The smallest absolute Gasteiger partial charge is 0.277 e. The third kappa shape index (κ3) is 5.18. The zero-order valence-corrected chi connectivity index (χ0v) is 16.7. The number of ketones is 1. The van der Waals surface area contributed by atoms with Crippen molar-refractivity contribution in [1.82, 2.24) is 20.4 Å². The van der Waals surface area contributed by atoms with Crippen LogP contribution >= 0.6 is 23.2 Å². The van der Waals surface area contributed by atoms with E-state index in [-0.39, 0.29) is 24.0 Å². The summed E-state index contributed by atoms with van der Waals surface area (Å²) in [5.41, 5.74) is 1.07. The van der Waals surface area contributed by atoms with Crippen molar-refractivity contribution < 1.29 is 14.3 Å². The molecule has 8 nitrogen and oxygen atoms in total. The van der Waals surface area contributed by atoms with E-state index in [1.165, 1.54) is 13.3 Å². The Kier molecular flexibility index (Phi) is 6.58. The lowest BCUT2D eigenvalue weighted by molar-refractivity contribution is 0.0898. The van der Waals surface area contributed by atoms with Crippen LogP contribution in [0.2, 0.25) is 10.0 Å². The van der Waals surface area contributed by atoms with E-state index in [9.17, 15) is 9.59 Å². The number of hydrogen-bond acceptors (Lipinski definition) is 6. The van der Waals surface area contributed by atoms with Gasteiger partial charge in [0.25, 0.3) is 11.8 Å². The third-order valence-corrected chi connectivity index (χ3v) is 4.25. The van der Waals surface area contributed by atoms with Gasteiger partial charge in [-0.25, -0.2) is 0 Å². The van der Waals surface area contributed by atoms with Gasteiger partial charge in [-0.05, 0) is 47.2 Å². The fraction of sp³-hybridized carbons (Fsp3) is 0.105. The second kappa shape index (κ2) is 9.31. The predicted octanol–water partition coefficient (Wildman–Crippen LogP) is 3.09. The molecule has 0 radical (unpaired) electrons. The SMILES string of the molecule is CNC(=O)c1nnn(/N=C/c2ccc(Cl)cc2)c1OCC(=O)c1ccc(Cl)cc1. The standard InChI is InChI=1S/C19H15Cl2N5O3/c1-22-18(28)17-19(29-11-16(27)13-4-8-15(21)9-5-13)26(25-24-17)23-10-12-2-6-14(20)7-3-12/h2-10H,11H2,1H3,(H,22,28)/b23-10+. The average molecular weight is 432 g/mol. The lowest BCUT2D eigenvalue weighted by Crippen LogP contribution is -2.21. The molecule has 2 aromatic carbocycles. The van der Waals surface area contributed by atoms with Gasteiger partial charge in [-0.1, -0.05) is 40.1 Å². The number of halogens is 2. The normalized spacial score (nSPS) is 10.9. The number of carbonyl (C=O) groups is 2. The molecule has 0 unspecified atom stereocenters. The number of aromatic nitrogens is 3. The first-order valence-corrected chi connectivity index (χ1v) is 9.13. The number of benzene rings is 2. The molecule has 1 heterocycles. The molecule has 0 saturated carbocycles. The maximum absolute atomic E-state index is 12.4. The summed E-state index contributed by atoms with van der Waals surface area (Å²) in [6.45, 7) is -0.338. The molecule has 148 valence electrons. The minimum absolute atomic E-state index is 0.0584. The molecule has 10 heteroatoms. The van der Waals surface area contributed by atoms with Gasteiger partial charge in [0.2, 0.25) is 5.69 Å². The predicted molar refractivity (Wildman–Crippen MR) is 109 cm³/mol. The Labute approximate surface area is 176 Å². The number of rotatable bonds is 7. The van der Waals surface area contributed by atoms with Crippen LogP contribution in [0.4, 0.5) is 0 Å². The monoisotopic (exact) mass is 431 g/mol. The molecule has 0 aliphatic heterocycles. The van der Waals surface area contributed by atoms with Crippen LogP contribution in [0.15, 0.2) is 53.6 Å². The molecule has 0 fully saturated rings. The van der Waals surface area contributed by atoms with Crippen LogP contribution in [-0.4, -0.2) is 46.7 Å². The molecule has 1 aromatic heterocycles. The Balaban J connectivity index is 1.82. The minimum Gasteiger partial charge on any atom is -0.466 e. The largest absolute Gasteiger partial charge is 0.466 e. The van der Waals surface area contributed by atoms with Crippen LogP contribution in [0.1, 0.15) is 26.4 Å². The molecule has 0 bridgehead atoms. The van der Waals surface area contributed by atoms with E-state index in [0.717, 1.165) is 10.4 Å². The van der Waals surface area contributed by atoms with Crippen LogP contribution < -0.4 is 10.1 Å². The van der Waals surface area contributed by atoms with E-state index in [2.05, 4.69) is 20.7 Å². The topological polar surface area (TPSA) is 98.5 Å². The number of amides is 1. The summed E-state index contributed by atoms with van der Waals surface area (Å²) in [4.78, 5) is 25.4. The molecule has 0 saturated heterocycles. The van der Waals surface area contributed by atoms with Gasteiger partial charge in [0.1, 0.15) is 0 Å². The van der Waals surface area contributed by atoms with Gasteiger partial charge in [0.15, 0.2) is 12.4 Å². The van der Waals surface area contributed by atoms with Crippen LogP contribution in [0.25, 0.3) is 0 Å². The molecule has 3 rings (SSSR count). The van der Waals surface area contributed by atoms with Crippen LogP contribution in [0.5, 0.6) is 5.88 Å². The molecule has 0 aliphatic carbocycles. The van der Waals surface area contributed by atoms with Crippen LogP contribution in [0.3, 0.4) is 0 Å². The fourth-order valence-corrected chi connectivity index (χ4v) is 2.50. The molecule has 29 heavy (non-hydrogen) atoms. The zero-order chi connectivity index (χ0) is 20.8. The van der Waals surface area contributed by atoms with E-state index in [0.29, 0.717) is 15.6 Å². The summed E-state index contributed by atoms with van der Waals surface area (Å²) in [5, 5.41) is 15.3. The number of nitrogens with one attached hydrogen (secondary N) is 1. The molecule has 0 atom stereocenters. The van der Waals surface area contributed by atoms with E-state index in [1.807, 2.05) is 0 Å². The number of nitrogens with zero attached hydrogens (tertiary/aromatic N) is 4. The van der Waals surface area contributed by atoms with E-state index < -0.39 is 5.91 Å². The number of carbonyl (C=O) groups excluding carboxylic acids is 2. The van der Waals surface area contributed by atoms with Gasteiger partial charge in [-0.15, -0.1) is 5.10 Å². The Bertz CT molecular complexity index is 1050. The van der Waals surface area contributed by atoms with Crippen molar-refractivity contribution in [3.8, 4) is 5.88 Å². The lowest BCUT2D eigenvalue weighted by atomic mass is 10.1. The van der Waals surface area contributed by atoms with Gasteiger partial charge < -0.3 is 10.1 Å². The van der Waals surface area contributed by atoms with Crippen LogP contribution in [0, 0.1) is 0 Å². The molecular weight excluding hydrogens is 417 g/mol. The first-order chi connectivity index (χ1) is 14.0. The quantitative estimate of drug-likeness (QED) is 0.457. The van der Waals surface area contributed by atoms with Gasteiger partial charge in [-0.2, -0.15) is 5.10 Å². The highest BCUT2D eigenvalue weighted by Gasteiger charge is 2.21. The molecule has 0 aliphatic rings. The first-order valence-electron chi connectivity index (χ1n) is 8.37. The lowest BCUT2D eigenvalue weighted by Gasteiger charge is -2.06. The second-order valence-electron chi connectivity index (χ2n) is 5.73. The van der Waals surface area contributed by atoms with Gasteiger partial charge >= 0.3 is 0 Å². The Morgan fingerprint density at radius 2 is 1.72 bits per heavy atom. The van der Waals surface area contributed by atoms with Crippen molar-refractivity contribution in [2.75, 3.05) is 13.7 Å². The highest BCUT2D eigenvalue weighted by atomic mass is 35.5. The van der Waals surface area contributed by atoms with E-state index in [4.69, 9.17) is 27.9 Å². The Morgan fingerprint density at radius 1 is 1.10 bits per heavy atom.